The van der Waals surface area contributed by atoms with E-state index in [1.54, 1.807) is 24.3 Å². The molecule has 0 aromatic heterocycles. The molecule has 0 atom stereocenters. The zero-order chi connectivity index (χ0) is 14.9. The average molecular weight is 425 g/mol. The second kappa shape index (κ2) is 7.43. The Morgan fingerprint density at radius 1 is 0.550 bits per heavy atom. The van der Waals surface area contributed by atoms with Gasteiger partial charge in [-0.25, -0.2) is 0 Å². The van der Waals surface area contributed by atoms with Gasteiger partial charge in [0.25, 0.3) is 0 Å². The van der Waals surface area contributed by atoms with E-state index >= 15 is 0 Å². The molecule has 0 amide bonds. The van der Waals surface area contributed by atoms with Crippen LogP contribution in [0.3, 0.4) is 0 Å². The first-order chi connectivity index (χ1) is 9.38. The van der Waals surface area contributed by atoms with E-state index < -0.39 is 0 Å². The van der Waals surface area contributed by atoms with Crippen molar-refractivity contribution in [1.29, 1.82) is 0 Å². The molecule has 106 valence electrons. The number of hydrogen-bond donors (Lipinski definition) is 0. The summed E-state index contributed by atoms with van der Waals surface area (Å²) in [5, 5.41) is 2.71. The van der Waals surface area contributed by atoms with Gasteiger partial charge in [0.2, 0.25) is 0 Å². The SMILES string of the molecule is Clc1cc(Cl)c(Cl)c(SSc2cc(Cl)cc(Cl)c2Cl)c1. The molecule has 0 saturated carbocycles. The Kier molecular flexibility index (Phi) is 6.40. The third-order valence-corrected chi connectivity index (χ3v) is 6.82. The fraction of sp³-hybridized carbons (Fsp3) is 0. The van der Waals surface area contributed by atoms with Crippen molar-refractivity contribution in [2.45, 2.75) is 9.79 Å². The van der Waals surface area contributed by atoms with Crippen molar-refractivity contribution >= 4 is 91.2 Å². The van der Waals surface area contributed by atoms with Gasteiger partial charge in [0.15, 0.2) is 0 Å². The molecule has 0 aliphatic carbocycles. The van der Waals surface area contributed by atoms with Crippen LogP contribution in [0.1, 0.15) is 0 Å². The van der Waals surface area contributed by atoms with Crippen molar-refractivity contribution in [3.63, 3.8) is 0 Å². The van der Waals surface area contributed by atoms with Crippen LogP contribution in [-0.4, -0.2) is 0 Å². The summed E-state index contributed by atoms with van der Waals surface area (Å²) in [5.41, 5.74) is 0. The summed E-state index contributed by atoms with van der Waals surface area (Å²) in [6, 6.07) is 6.63. The molecular weight excluding hydrogens is 421 g/mol. The van der Waals surface area contributed by atoms with Crippen LogP contribution in [0, 0.1) is 0 Å². The van der Waals surface area contributed by atoms with E-state index in [2.05, 4.69) is 0 Å². The predicted octanol–water partition coefficient (Wildman–Crippen LogP) is 8.41. The van der Waals surface area contributed by atoms with Gasteiger partial charge in [-0.2, -0.15) is 0 Å². The van der Waals surface area contributed by atoms with E-state index in [0.29, 0.717) is 30.1 Å². The number of rotatable bonds is 3. The number of halogens is 6. The predicted molar refractivity (Wildman–Crippen MR) is 94.7 cm³/mol. The van der Waals surface area contributed by atoms with Crippen LogP contribution in [0.25, 0.3) is 0 Å². The highest BCUT2D eigenvalue weighted by Crippen LogP contribution is 2.47. The molecule has 0 unspecified atom stereocenters. The highest BCUT2D eigenvalue weighted by molar-refractivity contribution is 8.76. The molecule has 0 N–H and O–H groups in total. The van der Waals surface area contributed by atoms with E-state index in [0.717, 1.165) is 9.79 Å². The minimum absolute atomic E-state index is 0.400. The summed E-state index contributed by atoms with van der Waals surface area (Å²) < 4.78 is 0. The van der Waals surface area contributed by atoms with Crippen LogP contribution < -0.4 is 0 Å². The van der Waals surface area contributed by atoms with Crippen molar-refractivity contribution in [2.75, 3.05) is 0 Å². The van der Waals surface area contributed by atoms with Gasteiger partial charge in [-0.1, -0.05) is 91.2 Å². The third kappa shape index (κ3) is 4.21. The fourth-order valence-electron chi connectivity index (χ4n) is 1.28. The zero-order valence-corrected chi connectivity index (χ0v) is 15.6. The Bertz CT molecular complexity index is 601. The number of benzene rings is 2. The van der Waals surface area contributed by atoms with Gasteiger partial charge in [0.1, 0.15) is 0 Å². The summed E-state index contributed by atoms with van der Waals surface area (Å²) >= 11 is 36.1. The van der Waals surface area contributed by atoms with Gasteiger partial charge < -0.3 is 0 Å². The maximum Gasteiger partial charge on any atom is 0.0737 e. The van der Waals surface area contributed by atoms with E-state index in [1.165, 1.54) is 21.6 Å². The Morgan fingerprint density at radius 2 is 0.900 bits per heavy atom. The molecule has 2 aromatic carbocycles. The lowest BCUT2D eigenvalue weighted by atomic mass is 10.4. The van der Waals surface area contributed by atoms with Crippen LogP contribution in [0.5, 0.6) is 0 Å². The van der Waals surface area contributed by atoms with E-state index in [-0.39, 0.29) is 0 Å². The third-order valence-electron chi connectivity index (χ3n) is 2.14. The monoisotopic (exact) mass is 422 g/mol. The Labute approximate surface area is 154 Å². The second-order valence-corrected chi connectivity index (χ2v) is 8.22. The van der Waals surface area contributed by atoms with Gasteiger partial charge in [-0.3, -0.25) is 0 Å². The zero-order valence-electron chi connectivity index (χ0n) is 9.39. The maximum atomic E-state index is 6.12. The fourth-order valence-corrected chi connectivity index (χ4v) is 5.45. The van der Waals surface area contributed by atoms with Crippen LogP contribution >= 0.6 is 91.2 Å². The van der Waals surface area contributed by atoms with E-state index in [4.69, 9.17) is 69.6 Å². The lowest BCUT2D eigenvalue weighted by Gasteiger charge is -2.08. The molecule has 0 nitrogen and oxygen atoms in total. The first kappa shape index (κ1) is 17.2. The Balaban J connectivity index is 2.26. The highest BCUT2D eigenvalue weighted by atomic mass is 35.5. The minimum atomic E-state index is 0.400. The topological polar surface area (TPSA) is 0 Å². The van der Waals surface area contributed by atoms with Crippen molar-refractivity contribution in [1.82, 2.24) is 0 Å². The van der Waals surface area contributed by atoms with Crippen molar-refractivity contribution < 1.29 is 0 Å². The summed E-state index contributed by atoms with van der Waals surface area (Å²) in [6.07, 6.45) is 0. The first-order valence-corrected chi connectivity index (χ1v) is 9.44. The molecule has 0 aliphatic rings. The summed E-state index contributed by atoms with van der Waals surface area (Å²) in [4.78, 5) is 1.47. The molecule has 2 aromatic rings. The molecule has 0 heterocycles. The summed E-state index contributed by atoms with van der Waals surface area (Å²) in [6.45, 7) is 0. The molecule has 0 radical (unpaired) electrons. The Hall–Kier alpha value is 0.880. The molecule has 0 aliphatic heterocycles. The van der Waals surface area contributed by atoms with Crippen LogP contribution in [0.2, 0.25) is 30.1 Å². The molecule has 8 heteroatoms. The van der Waals surface area contributed by atoms with Crippen LogP contribution in [-0.2, 0) is 0 Å². The lowest BCUT2D eigenvalue weighted by Crippen LogP contribution is -1.78. The normalized spacial score (nSPS) is 10.9. The van der Waals surface area contributed by atoms with Crippen molar-refractivity contribution in [3.05, 3.63) is 54.4 Å². The lowest BCUT2D eigenvalue weighted by molar-refractivity contribution is 1.46. The first-order valence-electron chi connectivity index (χ1n) is 5.02. The molecule has 0 saturated heterocycles. The van der Waals surface area contributed by atoms with Gasteiger partial charge in [0.05, 0.1) is 20.1 Å². The minimum Gasteiger partial charge on any atom is -0.0842 e. The van der Waals surface area contributed by atoms with Gasteiger partial charge in [0, 0.05) is 19.8 Å². The second-order valence-electron chi connectivity index (χ2n) is 3.57. The van der Waals surface area contributed by atoms with E-state index in [9.17, 15) is 0 Å². The largest absolute Gasteiger partial charge is 0.0842 e. The van der Waals surface area contributed by atoms with Crippen LogP contribution in [0.15, 0.2) is 34.1 Å². The molecule has 0 spiro atoms. The molecule has 20 heavy (non-hydrogen) atoms. The maximum absolute atomic E-state index is 6.12. The molecular formula is C12H4Cl6S2. The van der Waals surface area contributed by atoms with Gasteiger partial charge in [-0.15, -0.1) is 0 Å². The summed E-state index contributed by atoms with van der Waals surface area (Å²) in [7, 11) is 2.75. The molecule has 2 rings (SSSR count). The van der Waals surface area contributed by atoms with Gasteiger partial charge >= 0.3 is 0 Å². The van der Waals surface area contributed by atoms with Crippen molar-refractivity contribution in [3.8, 4) is 0 Å². The molecule has 0 fully saturated rings. The summed E-state index contributed by atoms with van der Waals surface area (Å²) in [5.74, 6) is 0. The number of hydrogen-bond acceptors (Lipinski definition) is 2. The van der Waals surface area contributed by atoms with E-state index in [1.807, 2.05) is 0 Å². The van der Waals surface area contributed by atoms with Crippen molar-refractivity contribution in [2.24, 2.45) is 0 Å². The quantitative estimate of drug-likeness (QED) is 0.358. The average Bonchev–Trinajstić information content (AvgIpc) is 2.37. The van der Waals surface area contributed by atoms with Crippen LogP contribution in [0.4, 0.5) is 0 Å². The molecule has 0 bridgehead atoms. The Morgan fingerprint density at radius 3 is 1.25 bits per heavy atom. The highest BCUT2D eigenvalue weighted by Gasteiger charge is 2.12. The standard InChI is InChI=1S/C12H4Cl6S2/c13-5-1-7(15)11(17)9(3-5)19-20-10-4-6(14)2-8(16)12(10)18/h1-4H. The van der Waals surface area contributed by atoms with Gasteiger partial charge in [-0.05, 0) is 24.3 Å². The smallest absolute Gasteiger partial charge is 0.0737 e.